The molecule has 0 aromatic heterocycles. The smallest absolute Gasteiger partial charge is 0.336 e. The van der Waals surface area contributed by atoms with E-state index in [4.69, 9.17) is 14.2 Å². The van der Waals surface area contributed by atoms with Gasteiger partial charge < -0.3 is 19.5 Å². The largest absolute Gasteiger partial charge is 0.466 e. The van der Waals surface area contributed by atoms with Crippen LogP contribution < -0.4 is 5.32 Å². The van der Waals surface area contributed by atoms with Crippen molar-refractivity contribution in [3.8, 4) is 0 Å². The lowest BCUT2D eigenvalue weighted by Gasteiger charge is -2.31. The zero-order valence-electron chi connectivity index (χ0n) is 16.0. The van der Waals surface area contributed by atoms with E-state index < -0.39 is 23.8 Å². The minimum atomic E-state index is -0.710. The van der Waals surface area contributed by atoms with Crippen molar-refractivity contribution in [1.29, 1.82) is 0 Å². The number of ether oxygens (including phenoxy) is 3. The molecule has 0 aliphatic carbocycles. The van der Waals surface area contributed by atoms with Crippen LogP contribution in [0.15, 0.2) is 46.8 Å². The maximum absolute atomic E-state index is 12.5. The highest BCUT2D eigenvalue weighted by molar-refractivity contribution is 5.99. The molecule has 1 aromatic carbocycles. The Morgan fingerprint density at radius 2 is 1.48 bits per heavy atom. The minimum Gasteiger partial charge on any atom is -0.466 e. The van der Waals surface area contributed by atoms with Crippen LogP contribution in [0, 0.1) is 0 Å². The Hall–Kier alpha value is -3.09. The highest BCUT2D eigenvalue weighted by atomic mass is 16.5. The first-order valence-corrected chi connectivity index (χ1v) is 8.38. The lowest BCUT2D eigenvalue weighted by molar-refractivity contribution is -0.142. The van der Waals surface area contributed by atoms with Gasteiger partial charge in [0, 0.05) is 18.3 Å². The number of benzene rings is 1. The monoisotopic (exact) mass is 373 g/mol. The minimum absolute atomic E-state index is 0.0242. The zero-order valence-corrected chi connectivity index (χ0v) is 16.0. The molecule has 0 fully saturated rings. The second kappa shape index (κ2) is 8.53. The van der Waals surface area contributed by atoms with Crippen molar-refractivity contribution in [2.45, 2.75) is 33.3 Å². The van der Waals surface area contributed by atoms with Crippen LogP contribution in [0.5, 0.6) is 0 Å². The van der Waals surface area contributed by atoms with Crippen LogP contribution in [0.25, 0.3) is 0 Å². The summed E-state index contributed by atoms with van der Waals surface area (Å²) in [6, 6.07) is 7.17. The van der Waals surface area contributed by atoms with Gasteiger partial charge in [0.05, 0.1) is 31.3 Å². The van der Waals surface area contributed by atoms with E-state index in [0.717, 1.165) is 0 Å². The van der Waals surface area contributed by atoms with Gasteiger partial charge in [0.1, 0.15) is 6.61 Å². The van der Waals surface area contributed by atoms with Crippen LogP contribution in [0.3, 0.4) is 0 Å². The Kier molecular flexibility index (Phi) is 6.39. The average Bonchev–Trinajstić information content (AvgIpc) is 2.64. The molecule has 7 nitrogen and oxygen atoms in total. The molecule has 1 heterocycles. The van der Waals surface area contributed by atoms with E-state index in [1.165, 1.54) is 21.1 Å². The summed E-state index contributed by atoms with van der Waals surface area (Å²) in [4.78, 5) is 36.3. The van der Waals surface area contributed by atoms with E-state index in [1.807, 2.05) is 0 Å². The molecule has 1 aromatic rings. The molecule has 144 valence electrons. The fraction of sp³-hybridized carbons (Fsp3) is 0.350. The summed E-state index contributed by atoms with van der Waals surface area (Å²) in [6.45, 7) is 4.83. The van der Waals surface area contributed by atoms with Gasteiger partial charge in [-0.1, -0.05) is 24.3 Å². The van der Waals surface area contributed by atoms with Crippen molar-refractivity contribution in [1.82, 2.24) is 5.32 Å². The van der Waals surface area contributed by atoms with Crippen LogP contribution in [0.4, 0.5) is 0 Å². The molecule has 1 aliphatic heterocycles. The molecule has 0 saturated carbocycles. The molecule has 2 rings (SSSR count). The van der Waals surface area contributed by atoms with E-state index in [2.05, 4.69) is 5.32 Å². The molecule has 0 amide bonds. The number of hydrogen-bond donors (Lipinski definition) is 1. The number of allylic oxidation sites excluding steroid dienone is 2. The number of methoxy groups -OCH3 is 2. The SMILES string of the molecule is COC(=O)C1=C(C)NC(C)=C(C(=O)OC)C1c1ccccc1COC(C)=O. The molecule has 27 heavy (non-hydrogen) atoms. The van der Waals surface area contributed by atoms with E-state index in [1.54, 1.807) is 38.1 Å². The second-order valence-electron chi connectivity index (χ2n) is 6.10. The van der Waals surface area contributed by atoms with Crippen molar-refractivity contribution in [3.05, 3.63) is 57.9 Å². The Balaban J connectivity index is 2.69. The van der Waals surface area contributed by atoms with Gasteiger partial charge in [0.2, 0.25) is 0 Å². The number of hydrogen-bond acceptors (Lipinski definition) is 7. The van der Waals surface area contributed by atoms with Gasteiger partial charge in [-0.3, -0.25) is 4.79 Å². The van der Waals surface area contributed by atoms with Gasteiger partial charge in [-0.25, -0.2) is 9.59 Å². The van der Waals surface area contributed by atoms with Gasteiger partial charge in [-0.15, -0.1) is 0 Å². The highest BCUT2D eigenvalue weighted by Crippen LogP contribution is 2.40. The lowest BCUT2D eigenvalue weighted by Crippen LogP contribution is -2.32. The third-order valence-corrected chi connectivity index (χ3v) is 4.37. The highest BCUT2D eigenvalue weighted by Gasteiger charge is 2.38. The van der Waals surface area contributed by atoms with Crippen LogP contribution in [0.2, 0.25) is 0 Å². The number of carbonyl (C=O) groups excluding carboxylic acids is 3. The molecule has 0 radical (unpaired) electrons. The van der Waals surface area contributed by atoms with Gasteiger partial charge in [0.15, 0.2) is 0 Å². The molecule has 0 spiro atoms. The normalized spacial score (nSPS) is 14.6. The predicted molar refractivity (Wildman–Crippen MR) is 97.2 cm³/mol. The van der Waals surface area contributed by atoms with Gasteiger partial charge in [-0.2, -0.15) is 0 Å². The van der Waals surface area contributed by atoms with Crippen molar-refractivity contribution in [2.24, 2.45) is 0 Å². The van der Waals surface area contributed by atoms with E-state index in [0.29, 0.717) is 33.7 Å². The Bertz CT molecular complexity index is 799. The summed E-state index contributed by atoms with van der Waals surface area (Å²) < 4.78 is 15.0. The quantitative estimate of drug-likeness (QED) is 0.626. The Morgan fingerprint density at radius 3 is 1.96 bits per heavy atom. The van der Waals surface area contributed by atoms with Crippen molar-refractivity contribution >= 4 is 17.9 Å². The van der Waals surface area contributed by atoms with Crippen LogP contribution in [-0.4, -0.2) is 32.1 Å². The summed E-state index contributed by atoms with van der Waals surface area (Å²) in [5.41, 5.74) is 3.12. The van der Waals surface area contributed by atoms with Crippen molar-refractivity contribution in [3.63, 3.8) is 0 Å². The number of nitrogens with one attached hydrogen (secondary N) is 1. The Morgan fingerprint density at radius 1 is 0.963 bits per heavy atom. The van der Waals surface area contributed by atoms with E-state index >= 15 is 0 Å². The predicted octanol–water partition coefficient (Wildman–Crippen LogP) is 2.33. The van der Waals surface area contributed by atoms with Gasteiger partial charge >= 0.3 is 17.9 Å². The van der Waals surface area contributed by atoms with Crippen LogP contribution in [-0.2, 0) is 35.2 Å². The molecule has 1 aliphatic rings. The first kappa shape index (κ1) is 20.2. The first-order valence-electron chi connectivity index (χ1n) is 8.38. The van der Waals surface area contributed by atoms with Crippen molar-refractivity contribution in [2.75, 3.05) is 14.2 Å². The molecule has 0 unspecified atom stereocenters. The average molecular weight is 373 g/mol. The summed E-state index contributed by atoms with van der Waals surface area (Å²) >= 11 is 0. The number of carbonyl (C=O) groups is 3. The molecule has 0 bridgehead atoms. The molecule has 0 atom stereocenters. The van der Waals surface area contributed by atoms with Crippen LogP contribution >= 0.6 is 0 Å². The number of rotatable bonds is 5. The molecular weight excluding hydrogens is 350 g/mol. The number of dihydropyridines is 1. The second-order valence-corrected chi connectivity index (χ2v) is 6.10. The van der Waals surface area contributed by atoms with Crippen LogP contribution in [0.1, 0.15) is 37.8 Å². The zero-order chi connectivity index (χ0) is 20.1. The molecular formula is C20H23NO6. The molecule has 0 saturated heterocycles. The maximum Gasteiger partial charge on any atom is 0.336 e. The first-order chi connectivity index (χ1) is 12.8. The maximum atomic E-state index is 12.5. The van der Waals surface area contributed by atoms with E-state index in [9.17, 15) is 14.4 Å². The summed E-state index contributed by atoms with van der Waals surface area (Å²) in [5.74, 6) is -2.24. The lowest BCUT2D eigenvalue weighted by atomic mass is 9.78. The molecule has 7 heteroatoms. The van der Waals surface area contributed by atoms with Crippen molar-refractivity contribution < 1.29 is 28.6 Å². The van der Waals surface area contributed by atoms with Gasteiger partial charge in [0.25, 0.3) is 0 Å². The third-order valence-electron chi connectivity index (χ3n) is 4.37. The standard InChI is InChI=1S/C20H23NO6/c1-11-16(19(23)25-4)18(17(12(2)21-11)20(24)26-5)15-9-7-6-8-14(15)10-27-13(3)22/h6-9,18,21H,10H2,1-5H3. The number of esters is 3. The Labute approximate surface area is 158 Å². The summed E-state index contributed by atoms with van der Waals surface area (Å²) in [7, 11) is 2.57. The fourth-order valence-corrected chi connectivity index (χ4v) is 3.19. The third kappa shape index (κ3) is 4.19. The summed E-state index contributed by atoms with van der Waals surface area (Å²) in [6.07, 6.45) is 0. The fourth-order valence-electron chi connectivity index (χ4n) is 3.19. The topological polar surface area (TPSA) is 90.9 Å². The van der Waals surface area contributed by atoms with E-state index in [-0.39, 0.29) is 6.61 Å². The summed E-state index contributed by atoms with van der Waals surface area (Å²) in [5, 5.41) is 3.05. The molecule has 1 N–H and O–H groups in total. The van der Waals surface area contributed by atoms with Gasteiger partial charge in [-0.05, 0) is 25.0 Å².